The van der Waals surface area contributed by atoms with E-state index in [1.54, 1.807) is 26.0 Å². The number of rotatable bonds is 6. The number of halogens is 1. The van der Waals surface area contributed by atoms with Crippen LogP contribution in [0.15, 0.2) is 47.4 Å². The number of methoxy groups -OCH3 is 2. The van der Waals surface area contributed by atoms with E-state index < -0.39 is 0 Å². The number of benzene rings is 2. The van der Waals surface area contributed by atoms with Crippen LogP contribution in [0.3, 0.4) is 0 Å². The molecule has 0 aromatic heterocycles. The van der Waals surface area contributed by atoms with Gasteiger partial charge < -0.3 is 9.47 Å². The van der Waals surface area contributed by atoms with Crippen LogP contribution < -0.4 is 0 Å². The van der Waals surface area contributed by atoms with Crippen LogP contribution in [0.25, 0.3) is 0 Å². The highest BCUT2D eigenvalue weighted by atomic mass is 35.5. The van der Waals surface area contributed by atoms with Gasteiger partial charge in [0.15, 0.2) is 6.29 Å². The minimum absolute atomic E-state index is 0.310. The summed E-state index contributed by atoms with van der Waals surface area (Å²) < 4.78 is 10.5. The molecule has 2 aromatic carbocycles. The van der Waals surface area contributed by atoms with Crippen LogP contribution in [-0.2, 0) is 15.2 Å². The molecule has 0 heterocycles. The Hall–Kier alpha value is -1.00. The van der Waals surface area contributed by atoms with Crippen molar-refractivity contribution in [2.45, 2.75) is 23.9 Å². The van der Waals surface area contributed by atoms with E-state index in [-0.39, 0.29) is 6.29 Å². The number of aryl methyl sites for hydroxylation is 1. The van der Waals surface area contributed by atoms with Gasteiger partial charge in [0.1, 0.15) is 0 Å². The van der Waals surface area contributed by atoms with Gasteiger partial charge in [0.2, 0.25) is 0 Å². The first-order valence-corrected chi connectivity index (χ1v) is 8.03. The third-order valence-electron chi connectivity index (χ3n) is 3.18. The smallest absolute Gasteiger partial charge is 0.183 e. The lowest BCUT2D eigenvalue weighted by Crippen LogP contribution is -2.02. The highest BCUT2D eigenvalue weighted by Gasteiger charge is 2.08. The Kier molecular flexibility index (Phi) is 6.12. The molecule has 0 saturated heterocycles. The topological polar surface area (TPSA) is 18.5 Å². The van der Waals surface area contributed by atoms with Crippen LogP contribution in [0.1, 0.15) is 23.0 Å². The van der Waals surface area contributed by atoms with Crippen molar-refractivity contribution in [2.24, 2.45) is 0 Å². The molecule has 2 nitrogen and oxygen atoms in total. The molecule has 112 valence electrons. The standard InChI is InChI=1S/C17H19ClO2S/c1-12-4-5-14(16(18)10-12)11-21-15-8-6-13(7-9-15)17(19-2)20-3/h4-10,17H,11H2,1-3H3. The van der Waals surface area contributed by atoms with Gasteiger partial charge >= 0.3 is 0 Å². The molecule has 0 unspecified atom stereocenters. The van der Waals surface area contributed by atoms with Gasteiger partial charge in [0.25, 0.3) is 0 Å². The third kappa shape index (κ3) is 4.48. The van der Waals surface area contributed by atoms with E-state index in [1.807, 2.05) is 25.1 Å². The summed E-state index contributed by atoms with van der Waals surface area (Å²) in [5.74, 6) is 0.858. The SMILES string of the molecule is COC(OC)c1ccc(SCc2ccc(C)cc2Cl)cc1. The molecule has 0 radical (unpaired) electrons. The van der Waals surface area contributed by atoms with Crippen LogP contribution in [-0.4, -0.2) is 14.2 Å². The lowest BCUT2D eigenvalue weighted by atomic mass is 10.2. The number of thioether (sulfide) groups is 1. The van der Waals surface area contributed by atoms with Gasteiger partial charge in [0.05, 0.1) is 0 Å². The minimum atomic E-state index is -0.310. The van der Waals surface area contributed by atoms with E-state index >= 15 is 0 Å². The summed E-state index contributed by atoms with van der Waals surface area (Å²) in [7, 11) is 3.27. The van der Waals surface area contributed by atoms with Crippen molar-refractivity contribution in [3.8, 4) is 0 Å². The van der Waals surface area contributed by atoms with Gasteiger partial charge in [0, 0.05) is 35.5 Å². The Morgan fingerprint density at radius 3 is 2.29 bits per heavy atom. The van der Waals surface area contributed by atoms with Crippen molar-refractivity contribution in [1.82, 2.24) is 0 Å². The van der Waals surface area contributed by atoms with Crippen LogP contribution >= 0.6 is 23.4 Å². The summed E-state index contributed by atoms with van der Waals surface area (Å²) in [5.41, 5.74) is 3.35. The van der Waals surface area contributed by atoms with Crippen LogP contribution in [0.5, 0.6) is 0 Å². The van der Waals surface area contributed by atoms with E-state index in [0.29, 0.717) is 0 Å². The summed E-state index contributed by atoms with van der Waals surface area (Å²) in [5, 5.41) is 0.831. The molecule has 0 spiro atoms. The molecule has 0 aliphatic heterocycles. The zero-order valence-corrected chi connectivity index (χ0v) is 14.0. The fourth-order valence-corrected chi connectivity index (χ4v) is 3.30. The first-order valence-electron chi connectivity index (χ1n) is 6.67. The van der Waals surface area contributed by atoms with Gasteiger partial charge in [-0.25, -0.2) is 0 Å². The Labute approximate surface area is 135 Å². The summed E-state index contributed by atoms with van der Waals surface area (Å²) >= 11 is 8.02. The Bertz CT molecular complexity index is 580. The van der Waals surface area contributed by atoms with E-state index in [1.165, 1.54) is 10.5 Å². The molecular weight excluding hydrogens is 304 g/mol. The quantitative estimate of drug-likeness (QED) is 0.536. The Morgan fingerprint density at radius 2 is 1.71 bits per heavy atom. The molecule has 2 aromatic rings. The lowest BCUT2D eigenvalue weighted by molar-refractivity contribution is -0.106. The van der Waals surface area contributed by atoms with E-state index in [9.17, 15) is 0 Å². The molecule has 0 bridgehead atoms. The second-order valence-corrected chi connectivity index (χ2v) is 6.21. The molecule has 4 heteroatoms. The molecule has 21 heavy (non-hydrogen) atoms. The maximum absolute atomic E-state index is 6.25. The molecular formula is C17H19ClO2S. The summed E-state index contributed by atoms with van der Waals surface area (Å²) in [4.78, 5) is 1.20. The highest BCUT2D eigenvalue weighted by Crippen LogP contribution is 2.28. The van der Waals surface area contributed by atoms with Crippen molar-refractivity contribution >= 4 is 23.4 Å². The van der Waals surface area contributed by atoms with Gasteiger partial charge in [-0.2, -0.15) is 0 Å². The van der Waals surface area contributed by atoms with E-state index in [4.69, 9.17) is 21.1 Å². The van der Waals surface area contributed by atoms with E-state index in [0.717, 1.165) is 21.9 Å². The third-order valence-corrected chi connectivity index (χ3v) is 4.60. The molecule has 0 amide bonds. The van der Waals surface area contributed by atoms with Crippen LogP contribution in [0.2, 0.25) is 5.02 Å². The van der Waals surface area contributed by atoms with Gasteiger partial charge in [-0.15, -0.1) is 11.8 Å². The largest absolute Gasteiger partial charge is 0.352 e. The maximum atomic E-state index is 6.25. The van der Waals surface area contributed by atoms with Gasteiger partial charge in [-0.3, -0.25) is 0 Å². The van der Waals surface area contributed by atoms with Crippen LogP contribution in [0, 0.1) is 6.92 Å². The van der Waals surface area contributed by atoms with Crippen molar-refractivity contribution in [1.29, 1.82) is 0 Å². The molecule has 0 atom stereocenters. The molecule has 0 N–H and O–H groups in total. The molecule has 0 fully saturated rings. The lowest BCUT2D eigenvalue weighted by Gasteiger charge is -2.14. The van der Waals surface area contributed by atoms with Crippen molar-refractivity contribution in [3.63, 3.8) is 0 Å². The summed E-state index contributed by atoms with van der Waals surface area (Å²) in [6.07, 6.45) is -0.310. The maximum Gasteiger partial charge on any atom is 0.183 e. The van der Waals surface area contributed by atoms with Crippen molar-refractivity contribution < 1.29 is 9.47 Å². The number of ether oxygens (including phenoxy) is 2. The van der Waals surface area contributed by atoms with Crippen molar-refractivity contribution in [3.05, 3.63) is 64.2 Å². The van der Waals surface area contributed by atoms with E-state index in [2.05, 4.69) is 24.3 Å². The first kappa shape index (κ1) is 16.4. The summed E-state index contributed by atoms with van der Waals surface area (Å²) in [6, 6.07) is 14.4. The Balaban J connectivity index is 2.00. The second-order valence-electron chi connectivity index (χ2n) is 4.76. The molecule has 2 rings (SSSR count). The minimum Gasteiger partial charge on any atom is -0.352 e. The predicted octanol–water partition coefficient (Wildman–Crippen LogP) is 5.23. The molecule has 0 aliphatic rings. The highest BCUT2D eigenvalue weighted by molar-refractivity contribution is 7.98. The summed E-state index contributed by atoms with van der Waals surface area (Å²) in [6.45, 7) is 2.05. The average Bonchev–Trinajstić information content (AvgIpc) is 2.49. The fraction of sp³-hybridized carbons (Fsp3) is 0.294. The molecule has 0 aliphatic carbocycles. The Morgan fingerprint density at radius 1 is 1.05 bits per heavy atom. The predicted molar refractivity (Wildman–Crippen MR) is 89.0 cm³/mol. The van der Waals surface area contributed by atoms with Gasteiger partial charge in [-0.05, 0) is 36.2 Å². The zero-order valence-electron chi connectivity index (χ0n) is 12.4. The number of hydrogen-bond acceptors (Lipinski definition) is 3. The second kappa shape index (κ2) is 7.85. The number of hydrogen-bond donors (Lipinski definition) is 0. The first-order chi connectivity index (χ1) is 10.1. The average molecular weight is 323 g/mol. The monoisotopic (exact) mass is 322 g/mol. The normalized spacial score (nSPS) is 11.1. The molecule has 0 saturated carbocycles. The zero-order chi connectivity index (χ0) is 15.2. The van der Waals surface area contributed by atoms with Crippen LogP contribution in [0.4, 0.5) is 0 Å². The van der Waals surface area contributed by atoms with Gasteiger partial charge in [-0.1, -0.05) is 35.9 Å². The fourth-order valence-electron chi connectivity index (χ4n) is 2.02. The van der Waals surface area contributed by atoms with Crippen molar-refractivity contribution in [2.75, 3.05) is 14.2 Å².